The third-order valence-electron chi connectivity index (χ3n) is 5.40. The van der Waals surface area contributed by atoms with Gasteiger partial charge in [0.25, 0.3) is 5.79 Å². The summed E-state index contributed by atoms with van der Waals surface area (Å²) >= 11 is 0. The van der Waals surface area contributed by atoms with Crippen molar-refractivity contribution in [3.05, 3.63) is 0 Å². The summed E-state index contributed by atoms with van der Waals surface area (Å²) in [5, 5.41) is 40.5. The topological polar surface area (TPSA) is 180 Å². The van der Waals surface area contributed by atoms with Gasteiger partial charge in [0.05, 0.1) is 12.7 Å². The zero-order chi connectivity index (χ0) is 22.9. The summed E-state index contributed by atoms with van der Waals surface area (Å²) in [6.45, 7) is 1.95. The molecule has 31 heavy (non-hydrogen) atoms. The molecule has 0 amide bonds. The van der Waals surface area contributed by atoms with Crippen molar-refractivity contribution in [1.82, 2.24) is 0 Å². The molecule has 3 saturated heterocycles. The molecule has 0 saturated carbocycles. The number of carboxylic acid groups (broad SMARTS) is 1. The number of methoxy groups -OCH3 is 1. The Hall–Kier alpha value is -1.42. The fraction of sp³-hybridized carbons (Fsp3) is 0.889. The van der Waals surface area contributed by atoms with Crippen LogP contribution in [0.2, 0.25) is 0 Å². The van der Waals surface area contributed by atoms with Crippen LogP contribution in [0.15, 0.2) is 0 Å². The highest BCUT2D eigenvalue weighted by Gasteiger charge is 2.56. The smallest absolute Gasteiger partial charge is 0.364 e. The van der Waals surface area contributed by atoms with Gasteiger partial charge >= 0.3 is 11.9 Å². The number of hydrogen-bond donors (Lipinski definition) is 4. The van der Waals surface area contributed by atoms with E-state index in [1.807, 2.05) is 0 Å². The number of rotatable bonds is 6. The molecule has 0 aromatic heterocycles. The second kappa shape index (κ2) is 9.60. The molecule has 3 heterocycles. The number of fused-ring (bicyclic) bond motifs is 1. The van der Waals surface area contributed by atoms with Gasteiger partial charge in [-0.2, -0.15) is 0 Å². The third-order valence-corrected chi connectivity index (χ3v) is 5.40. The Morgan fingerprint density at radius 3 is 2.45 bits per heavy atom. The molecule has 3 aliphatic rings. The molecule has 3 rings (SSSR count). The molecular weight excluding hydrogens is 424 g/mol. The maximum absolute atomic E-state index is 11.6. The first-order chi connectivity index (χ1) is 14.6. The second-order valence-electron chi connectivity index (χ2n) is 7.73. The number of aliphatic hydroxyl groups excluding tert-OH is 3. The monoisotopic (exact) mass is 452 g/mol. The zero-order valence-corrected chi connectivity index (χ0v) is 17.3. The number of carbonyl (C=O) groups is 2. The van der Waals surface area contributed by atoms with E-state index in [2.05, 4.69) is 0 Å². The van der Waals surface area contributed by atoms with Gasteiger partial charge in [-0.3, -0.25) is 4.79 Å². The fourth-order valence-electron chi connectivity index (χ4n) is 3.66. The van der Waals surface area contributed by atoms with Crippen molar-refractivity contribution in [3.8, 4) is 0 Å². The van der Waals surface area contributed by atoms with E-state index in [9.17, 15) is 30.0 Å². The number of esters is 1. The van der Waals surface area contributed by atoms with Gasteiger partial charge < -0.3 is 53.6 Å². The van der Waals surface area contributed by atoms with Crippen molar-refractivity contribution in [3.63, 3.8) is 0 Å². The van der Waals surface area contributed by atoms with Gasteiger partial charge in [-0.15, -0.1) is 0 Å². The Bertz CT molecular complexity index is 658. The number of hydrogen-bond acceptors (Lipinski definition) is 12. The molecule has 13 nitrogen and oxygen atoms in total. The molecule has 178 valence electrons. The average molecular weight is 452 g/mol. The lowest BCUT2D eigenvalue weighted by molar-refractivity contribution is -0.398. The summed E-state index contributed by atoms with van der Waals surface area (Å²) in [6.07, 6.45) is -10.6. The first kappa shape index (κ1) is 24.2. The Labute approximate surface area is 177 Å². The van der Waals surface area contributed by atoms with E-state index in [0.29, 0.717) is 0 Å². The van der Waals surface area contributed by atoms with Crippen molar-refractivity contribution >= 4 is 11.9 Å². The number of aliphatic carboxylic acids is 1. The van der Waals surface area contributed by atoms with Crippen LogP contribution < -0.4 is 0 Å². The second-order valence-corrected chi connectivity index (χ2v) is 7.73. The standard InChI is InChI=1S/C18H28O13/c1-7(19)26-5-10-8(20)4-9(21)15(28-10)30-14-12(22)16(25-3)29-11-6-27-18(2,17(23)24)31-13(11)14/h8-16,20-22H,4-6H2,1-3H3,(H,23,24)/t8-,9-,10?,11?,12?,13?,14?,15?,16?,18?/m0/s1. The molecule has 0 radical (unpaired) electrons. The first-order valence-corrected chi connectivity index (χ1v) is 9.77. The lowest BCUT2D eigenvalue weighted by Crippen LogP contribution is -2.68. The maximum Gasteiger partial charge on any atom is 0.364 e. The maximum atomic E-state index is 11.6. The Kier molecular flexibility index (Phi) is 7.50. The van der Waals surface area contributed by atoms with Gasteiger partial charge in [0, 0.05) is 27.4 Å². The lowest BCUT2D eigenvalue weighted by atomic mass is 9.96. The van der Waals surface area contributed by atoms with Gasteiger partial charge in [0.2, 0.25) is 0 Å². The molecule has 0 spiro atoms. The number of aliphatic hydroxyl groups is 3. The molecule has 3 fully saturated rings. The van der Waals surface area contributed by atoms with Gasteiger partial charge in [0.1, 0.15) is 43.2 Å². The SMILES string of the molecule is COC1OC2COC(C)(C(=O)O)OC2C(OC2OC(COC(C)=O)[C@@H](O)C[C@@H]2O)C1O. The summed E-state index contributed by atoms with van der Waals surface area (Å²) in [5.41, 5.74) is 0. The van der Waals surface area contributed by atoms with Crippen LogP contribution in [0.4, 0.5) is 0 Å². The highest BCUT2D eigenvalue weighted by Crippen LogP contribution is 2.36. The summed E-state index contributed by atoms with van der Waals surface area (Å²) < 4.78 is 37.8. The minimum absolute atomic E-state index is 0.144. The molecule has 13 heteroatoms. The van der Waals surface area contributed by atoms with E-state index < -0.39 is 73.0 Å². The third kappa shape index (κ3) is 5.16. The lowest BCUT2D eigenvalue weighted by Gasteiger charge is -2.50. The number of carboxylic acids is 1. The van der Waals surface area contributed by atoms with Gasteiger partial charge in [0.15, 0.2) is 12.6 Å². The van der Waals surface area contributed by atoms with Crippen molar-refractivity contribution in [2.24, 2.45) is 0 Å². The molecule has 8 unspecified atom stereocenters. The van der Waals surface area contributed by atoms with Crippen molar-refractivity contribution in [1.29, 1.82) is 0 Å². The highest BCUT2D eigenvalue weighted by molar-refractivity contribution is 5.75. The van der Waals surface area contributed by atoms with Crippen molar-refractivity contribution < 1.29 is 63.2 Å². The Balaban J connectivity index is 1.78. The zero-order valence-electron chi connectivity index (χ0n) is 17.3. The Morgan fingerprint density at radius 1 is 1.13 bits per heavy atom. The van der Waals surface area contributed by atoms with E-state index in [1.54, 1.807) is 0 Å². The van der Waals surface area contributed by atoms with Crippen LogP contribution in [-0.4, -0.2) is 114 Å². The minimum Gasteiger partial charge on any atom is -0.477 e. The molecule has 0 aromatic carbocycles. The summed E-state index contributed by atoms with van der Waals surface area (Å²) in [5.74, 6) is -3.97. The molecule has 0 aromatic rings. The average Bonchev–Trinajstić information content (AvgIpc) is 2.70. The van der Waals surface area contributed by atoms with E-state index in [4.69, 9.17) is 33.2 Å². The van der Waals surface area contributed by atoms with Crippen LogP contribution in [0, 0.1) is 0 Å². The molecule has 3 aliphatic heterocycles. The molecule has 4 N–H and O–H groups in total. The van der Waals surface area contributed by atoms with Crippen LogP contribution in [0.5, 0.6) is 0 Å². The number of ether oxygens (including phenoxy) is 7. The fourth-order valence-corrected chi connectivity index (χ4v) is 3.66. The highest BCUT2D eigenvalue weighted by atomic mass is 16.8. The van der Waals surface area contributed by atoms with E-state index in [-0.39, 0.29) is 19.6 Å². The predicted molar refractivity (Wildman–Crippen MR) is 95.3 cm³/mol. The molecule has 0 bridgehead atoms. The van der Waals surface area contributed by atoms with Gasteiger partial charge in [-0.1, -0.05) is 0 Å². The normalized spacial score (nSPS) is 45.5. The van der Waals surface area contributed by atoms with Crippen LogP contribution >= 0.6 is 0 Å². The van der Waals surface area contributed by atoms with Crippen LogP contribution in [0.1, 0.15) is 20.3 Å². The molecule has 10 atom stereocenters. The quantitative estimate of drug-likeness (QED) is 0.317. The Morgan fingerprint density at radius 2 is 1.84 bits per heavy atom. The van der Waals surface area contributed by atoms with E-state index >= 15 is 0 Å². The predicted octanol–water partition coefficient (Wildman–Crippen LogP) is -2.28. The van der Waals surface area contributed by atoms with Crippen molar-refractivity contribution in [2.45, 2.75) is 81.4 Å². The van der Waals surface area contributed by atoms with Crippen LogP contribution in [-0.2, 0) is 42.7 Å². The van der Waals surface area contributed by atoms with Crippen LogP contribution in [0.3, 0.4) is 0 Å². The van der Waals surface area contributed by atoms with Gasteiger partial charge in [-0.05, 0) is 0 Å². The summed E-state index contributed by atoms with van der Waals surface area (Å²) in [7, 11) is 1.30. The minimum atomic E-state index is -2.01. The van der Waals surface area contributed by atoms with E-state index in [0.717, 1.165) is 0 Å². The van der Waals surface area contributed by atoms with E-state index in [1.165, 1.54) is 21.0 Å². The largest absolute Gasteiger partial charge is 0.477 e. The summed E-state index contributed by atoms with van der Waals surface area (Å²) in [4.78, 5) is 22.6. The number of carbonyl (C=O) groups excluding carboxylic acids is 1. The van der Waals surface area contributed by atoms with Gasteiger partial charge in [-0.25, -0.2) is 4.79 Å². The molecule has 0 aliphatic carbocycles. The molecular formula is C18H28O13. The summed E-state index contributed by atoms with van der Waals surface area (Å²) in [6, 6.07) is 0. The van der Waals surface area contributed by atoms with Crippen molar-refractivity contribution in [2.75, 3.05) is 20.3 Å². The first-order valence-electron chi connectivity index (χ1n) is 9.77. The van der Waals surface area contributed by atoms with Crippen LogP contribution in [0.25, 0.3) is 0 Å².